The Morgan fingerprint density at radius 3 is 2.96 bits per heavy atom. The number of anilines is 1. The van der Waals surface area contributed by atoms with Crippen LogP contribution in [0.15, 0.2) is 33.6 Å². The number of nitrogens with zero attached hydrogens (tertiary/aromatic N) is 2. The Balaban J connectivity index is 1.72. The van der Waals surface area contributed by atoms with Gasteiger partial charge in [-0.15, -0.1) is 0 Å². The Kier molecular flexibility index (Phi) is 3.96. The van der Waals surface area contributed by atoms with Crippen molar-refractivity contribution in [3.05, 3.63) is 34.8 Å². The first kappa shape index (κ1) is 15.0. The lowest BCUT2D eigenvalue weighted by molar-refractivity contribution is -0.128. The van der Waals surface area contributed by atoms with Gasteiger partial charge in [0.05, 0.1) is 5.92 Å². The van der Waals surface area contributed by atoms with Gasteiger partial charge in [-0.2, -0.15) is 0 Å². The number of nitrogens with one attached hydrogen (secondary N) is 2. The van der Waals surface area contributed by atoms with Crippen molar-refractivity contribution >= 4 is 17.5 Å². The van der Waals surface area contributed by atoms with Crippen LogP contribution >= 0.6 is 0 Å². The number of likely N-dealkylation sites (tertiary alicyclic amines) is 1. The molecule has 8 nitrogen and oxygen atoms in total. The second kappa shape index (κ2) is 6.07. The molecule has 120 valence electrons. The zero-order valence-electron chi connectivity index (χ0n) is 12.5. The van der Waals surface area contributed by atoms with E-state index in [4.69, 9.17) is 0 Å². The molecule has 0 aliphatic carbocycles. The van der Waals surface area contributed by atoms with E-state index in [1.165, 1.54) is 0 Å². The number of carbonyl (C=O) groups excluding carboxylic acids is 2. The number of aromatic nitrogens is 2. The number of aromatic amines is 1. The van der Waals surface area contributed by atoms with E-state index < -0.39 is 5.76 Å². The van der Waals surface area contributed by atoms with Crippen molar-refractivity contribution in [3.8, 4) is 11.4 Å². The summed E-state index contributed by atoms with van der Waals surface area (Å²) in [5, 5.41) is 6.41. The zero-order chi connectivity index (χ0) is 16.4. The molecule has 0 saturated carbocycles. The van der Waals surface area contributed by atoms with Crippen LogP contribution in [0.1, 0.15) is 13.3 Å². The summed E-state index contributed by atoms with van der Waals surface area (Å²) in [5.74, 6) is -0.891. The third-order valence-electron chi connectivity index (χ3n) is 3.81. The molecule has 2 aromatic rings. The highest BCUT2D eigenvalue weighted by molar-refractivity contribution is 5.97. The second-order valence-corrected chi connectivity index (χ2v) is 5.35. The van der Waals surface area contributed by atoms with Crippen LogP contribution in [0.25, 0.3) is 11.4 Å². The Morgan fingerprint density at radius 2 is 2.30 bits per heavy atom. The lowest BCUT2D eigenvalue weighted by Crippen LogP contribution is -2.28. The first-order chi connectivity index (χ1) is 11.1. The van der Waals surface area contributed by atoms with Gasteiger partial charge in [0, 0.05) is 30.8 Å². The van der Waals surface area contributed by atoms with Gasteiger partial charge in [0.25, 0.3) is 0 Å². The molecule has 0 unspecified atom stereocenters. The molecule has 8 heteroatoms. The highest BCUT2D eigenvalue weighted by atomic mass is 16.5. The smallest absolute Gasteiger partial charge is 0.342 e. The van der Waals surface area contributed by atoms with Gasteiger partial charge in [-0.05, 0) is 19.1 Å². The van der Waals surface area contributed by atoms with Crippen molar-refractivity contribution in [2.75, 3.05) is 18.4 Å². The third-order valence-corrected chi connectivity index (χ3v) is 3.81. The highest BCUT2D eigenvalue weighted by Gasteiger charge is 2.33. The fraction of sp³-hybridized carbons (Fsp3) is 0.333. The minimum Gasteiger partial charge on any atom is -0.342 e. The minimum atomic E-state index is -0.640. The Bertz CT molecular complexity index is 795. The molecule has 1 fully saturated rings. The monoisotopic (exact) mass is 316 g/mol. The molecule has 1 aliphatic heterocycles. The van der Waals surface area contributed by atoms with Gasteiger partial charge in [-0.25, -0.2) is 4.79 Å². The summed E-state index contributed by atoms with van der Waals surface area (Å²) in [6.45, 7) is 2.94. The summed E-state index contributed by atoms with van der Waals surface area (Å²) in [7, 11) is 0. The van der Waals surface area contributed by atoms with Crippen LogP contribution in [0.5, 0.6) is 0 Å². The number of hydrogen-bond donors (Lipinski definition) is 2. The van der Waals surface area contributed by atoms with Gasteiger partial charge in [0.15, 0.2) is 5.82 Å². The summed E-state index contributed by atoms with van der Waals surface area (Å²) in [5.41, 5.74) is 1.19. The average molecular weight is 316 g/mol. The molecule has 0 bridgehead atoms. The average Bonchev–Trinajstić information content (AvgIpc) is 3.13. The van der Waals surface area contributed by atoms with Crippen LogP contribution in [0.4, 0.5) is 5.69 Å². The summed E-state index contributed by atoms with van der Waals surface area (Å²) >= 11 is 0. The molecule has 23 heavy (non-hydrogen) atoms. The normalized spacial score (nSPS) is 17.5. The van der Waals surface area contributed by atoms with Crippen LogP contribution in [0, 0.1) is 5.92 Å². The molecular formula is C15H16N4O4. The summed E-state index contributed by atoms with van der Waals surface area (Å²) in [6.07, 6.45) is 0.232. The molecule has 3 rings (SSSR count). The zero-order valence-corrected chi connectivity index (χ0v) is 12.5. The Labute approximate surface area is 131 Å². The van der Waals surface area contributed by atoms with Crippen molar-refractivity contribution < 1.29 is 14.1 Å². The van der Waals surface area contributed by atoms with Gasteiger partial charge in [0.1, 0.15) is 0 Å². The van der Waals surface area contributed by atoms with E-state index in [9.17, 15) is 14.4 Å². The molecule has 1 atom stereocenters. The van der Waals surface area contributed by atoms with E-state index in [0.717, 1.165) is 0 Å². The minimum absolute atomic E-state index is 0.00146. The van der Waals surface area contributed by atoms with Gasteiger partial charge in [-0.1, -0.05) is 17.3 Å². The predicted molar refractivity (Wildman–Crippen MR) is 81.6 cm³/mol. The summed E-state index contributed by atoms with van der Waals surface area (Å²) in [4.78, 5) is 39.1. The quantitative estimate of drug-likeness (QED) is 0.869. The van der Waals surface area contributed by atoms with Crippen molar-refractivity contribution in [3.63, 3.8) is 0 Å². The number of amides is 2. The molecule has 2 heterocycles. The maximum Gasteiger partial charge on any atom is 0.439 e. The van der Waals surface area contributed by atoms with Crippen molar-refractivity contribution in [1.82, 2.24) is 15.0 Å². The van der Waals surface area contributed by atoms with E-state index in [1.54, 1.807) is 29.2 Å². The second-order valence-electron chi connectivity index (χ2n) is 5.35. The van der Waals surface area contributed by atoms with Crippen LogP contribution in [0.3, 0.4) is 0 Å². The molecule has 2 amide bonds. The molecule has 1 aromatic carbocycles. The molecule has 1 saturated heterocycles. The molecule has 2 N–H and O–H groups in total. The van der Waals surface area contributed by atoms with Gasteiger partial charge in [-0.3, -0.25) is 19.1 Å². The van der Waals surface area contributed by atoms with Crippen LogP contribution in [-0.2, 0) is 9.59 Å². The predicted octanol–water partition coefficient (Wildman–Crippen LogP) is 0.837. The SMILES string of the molecule is CCN1C[C@H](C(=O)Nc2cccc(-c3noc(=O)[nH]3)c2)CC1=O. The maximum atomic E-state index is 12.3. The van der Waals surface area contributed by atoms with Gasteiger partial charge < -0.3 is 10.2 Å². The van der Waals surface area contributed by atoms with Crippen LogP contribution in [0.2, 0.25) is 0 Å². The number of rotatable bonds is 4. The number of H-pyrrole nitrogens is 1. The van der Waals surface area contributed by atoms with Crippen molar-refractivity contribution in [2.45, 2.75) is 13.3 Å². The van der Waals surface area contributed by atoms with Crippen LogP contribution < -0.4 is 11.1 Å². The van der Waals surface area contributed by atoms with Gasteiger partial charge in [0.2, 0.25) is 11.8 Å². The Hall–Kier alpha value is -2.90. The fourth-order valence-electron chi connectivity index (χ4n) is 2.60. The lowest BCUT2D eigenvalue weighted by Gasteiger charge is -2.13. The first-order valence-corrected chi connectivity index (χ1v) is 7.32. The van der Waals surface area contributed by atoms with E-state index in [-0.39, 0.29) is 24.2 Å². The molecule has 1 aromatic heterocycles. The highest BCUT2D eigenvalue weighted by Crippen LogP contribution is 2.22. The topological polar surface area (TPSA) is 108 Å². The largest absolute Gasteiger partial charge is 0.439 e. The Morgan fingerprint density at radius 1 is 1.48 bits per heavy atom. The van der Waals surface area contributed by atoms with E-state index in [1.807, 2.05) is 6.92 Å². The van der Waals surface area contributed by atoms with Crippen LogP contribution in [-0.4, -0.2) is 39.9 Å². The number of carbonyl (C=O) groups is 2. The fourth-order valence-corrected chi connectivity index (χ4v) is 2.60. The summed E-state index contributed by atoms with van der Waals surface area (Å²) < 4.78 is 4.47. The van der Waals surface area contributed by atoms with E-state index in [2.05, 4.69) is 20.0 Å². The maximum absolute atomic E-state index is 12.3. The first-order valence-electron chi connectivity index (χ1n) is 7.32. The standard InChI is InChI=1S/C15H16N4O4/c1-2-19-8-10(7-12(19)20)14(21)16-11-5-3-4-9(6-11)13-17-15(22)23-18-13/h3-6,10H,2,7-8H2,1H3,(H,16,21)(H,17,18,22)/t10-/m1/s1. The molecule has 0 radical (unpaired) electrons. The van der Waals surface area contributed by atoms with E-state index >= 15 is 0 Å². The van der Waals surface area contributed by atoms with Gasteiger partial charge >= 0.3 is 5.76 Å². The van der Waals surface area contributed by atoms with E-state index in [0.29, 0.717) is 30.2 Å². The van der Waals surface area contributed by atoms with Crippen molar-refractivity contribution in [2.24, 2.45) is 5.92 Å². The summed E-state index contributed by atoms with van der Waals surface area (Å²) in [6, 6.07) is 6.88. The molecule has 0 spiro atoms. The third kappa shape index (κ3) is 3.15. The van der Waals surface area contributed by atoms with Crippen molar-refractivity contribution in [1.29, 1.82) is 0 Å². The number of benzene rings is 1. The molecular weight excluding hydrogens is 300 g/mol. The number of hydrogen-bond acceptors (Lipinski definition) is 5. The lowest BCUT2D eigenvalue weighted by atomic mass is 10.1. The molecule has 1 aliphatic rings.